The Morgan fingerprint density at radius 2 is 0.821 bits per heavy atom. The van der Waals surface area contributed by atoms with E-state index in [-0.39, 0.29) is 0 Å². The number of rotatable bonds is 5. The van der Waals surface area contributed by atoms with Crippen molar-refractivity contribution in [2.45, 2.75) is 0 Å². The van der Waals surface area contributed by atoms with Gasteiger partial charge in [0, 0.05) is 0 Å². The molecule has 0 amide bonds. The molecular weight excluding hydrogens is 427 g/mol. The van der Waals surface area contributed by atoms with Crippen molar-refractivity contribution in [2.75, 3.05) is 7.11 Å². The molecule has 4 aromatic carbocycles. The van der Waals surface area contributed by atoms with Gasteiger partial charge in [-0.25, -0.2) is 0 Å². The van der Waals surface area contributed by atoms with E-state index < -0.39 is 5.31 Å². The van der Waals surface area contributed by atoms with Crippen molar-refractivity contribution in [2.24, 2.45) is 0 Å². The predicted molar refractivity (Wildman–Crippen MR) is 127 cm³/mol. The quantitative estimate of drug-likeness (QED) is 0.383. The van der Waals surface area contributed by atoms with Gasteiger partial charge in [-0.1, -0.05) is 0 Å². The van der Waals surface area contributed by atoms with E-state index in [9.17, 15) is 0 Å². The van der Waals surface area contributed by atoms with Crippen LogP contribution in [0.15, 0.2) is 115 Å². The Kier molecular flexibility index (Phi) is 5.10. The van der Waals surface area contributed by atoms with Gasteiger partial charge >= 0.3 is 175 Å². The molecule has 4 rings (SSSR count). The van der Waals surface area contributed by atoms with E-state index in [4.69, 9.17) is 4.74 Å². The third-order valence-electron chi connectivity index (χ3n) is 5.28. The van der Waals surface area contributed by atoms with Crippen molar-refractivity contribution in [1.82, 2.24) is 0 Å². The van der Waals surface area contributed by atoms with Gasteiger partial charge in [0.2, 0.25) is 0 Å². The van der Waals surface area contributed by atoms with E-state index >= 15 is 0 Å². The molecule has 3 heteroatoms. The van der Waals surface area contributed by atoms with Crippen molar-refractivity contribution in [1.29, 1.82) is 0 Å². The van der Waals surface area contributed by atoms with Crippen LogP contribution >= 0.6 is 20.8 Å². The molecule has 4 aromatic rings. The summed E-state index contributed by atoms with van der Waals surface area (Å²) in [7, 11) is 1.70. The summed E-state index contributed by atoms with van der Waals surface area (Å²) >= 11 is 4.46. The van der Waals surface area contributed by atoms with Gasteiger partial charge in [-0.05, 0) is 0 Å². The molecule has 0 saturated carbocycles. The molecule has 0 unspecified atom stereocenters. The van der Waals surface area contributed by atoms with Gasteiger partial charge in [0.15, 0.2) is 0 Å². The van der Waals surface area contributed by atoms with Crippen LogP contribution in [0.3, 0.4) is 0 Å². The Morgan fingerprint density at radius 1 is 0.500 bits per heavy atom. The molecule has 0 saturated heterocycles. The summed E-state index contributed by atoms with van der Waals surface area (Å²) in [5.41, 5.74) is 0. The molecule has 0 heterocycles. The van der Waals surface area contributed by atoms with Gasteiger partial charge < -0.3 is 0 Å². The fourth-order valence-corrected chi connectivity index (χ4v) is 11.4. The van der Waals surface area contributed by atoms with Gasteiger partial charge in [-0.3, -0.25) is 0 Å². The number of methoxy groups -OCH3 is 1. The second kappa shape index (κ2) is 7.54. The second-order valence-electron chi connectivity index (χ2n) is 6.71. The van der Waals surface area contributed by atoms with E-state index in [0.717, 1.165) is 5.75 Å². The monoisotopic (exact) mass is 448 g/mol. The molecule has 140 valence electrons. The van der Waals surface area contributed by atoms with E-state index in [1.165, 1.54) is 21.2 Å². The minimum atomic E-state index is -3.10. The Hall–Kier alpha value is -2.41. The van der Waals surface area contributed by atoms with E-state index in [1.807, 2.05) is 12.1 Å². The molecule has 0 radical (unpaired) electrons. The third kappa shape index (κ3) is 2.80. The zero-order valence-electron chi connectivity index (χ0n) is 15.7. The van der Waals surface area contributed by atoms with E-state index in [1.54, 1.807) is 7.11 Å². The first-order valence-electron chi connectivity index (χ1n) is 9.23. The van der Waals surface area contributed by atoms with Crippen LogP contribution in [0.2, 0.25) is 0 Å². The molecule has 0 spiro atoms. The molecule has 0 aliphatic heterocycles. The van der Waals surface area contributed by atoms with Crippen molar-refractivity contribution < 1.29 is 4.74 Å². The van der Waals surface area contributed by atoms with Crippen LogP contribution < -0.4 is 26.0 Å². The average molecular weight is 449 g/mol. The molecule has 0 aromatic heterocycles. The summed E-state index contributed by atoms with van der Waals surface area (Å²) in [5.74, 6) is 0.857. The standard InChI is InChI=1S/C25H22BrOP/c1-27-21-17-19-25(20-18-21)28(26,22-11-5-2-6-12-22,23-13-7-3-8-14-23)24-15-9-4-10-16-24/h2-20H,1H3. The van der Waals surface area contributed by atoms with Gasteiger partial charge in [-0.2, -0.15) is 0 Å². The predicted octanol–water partition coefficient (Wildman–Crippen LogP) is 5.16. The van der Waals surface area contributed by atoms with Crippen LogP contribution in [-0.4, -0.2) is 7.11 Å². The maximum absolute atomic E-state index is 5.43. The number of hydrogen-bond acceptors (Lipinski definition) is 1. The van der Waals surface area contributed by atoms with Crippen molar-refractivity contribution in [3.05, 3.63) is 115 Å². The van der Waals surface area contributed by atoms with Gasteiger partial charge in [0.25, 0.3) is 0 Å². The van der Waals surface area contributed by atoms with E-state index in [2.05, 4.69) is 119 Å². The molecular formula is C25H22BrOP. The first-order valence-corrected chi connectivity index (χ1v) is 13.5. The molecule has 0 aliphatic carbocycles. The minimum absolute atomic E-state index is 0.857. The van der Waals surface area contributed by atoms with Crippen LogP contribution in [-0.2, 0) is 0 Å². The van der Waals surface area contributed by atoms with Crippen LogP contribution in [0.25, 0.3) is 0 Å². The molecule has 1 nitrogen and oxygen atoms in total. The molecule has 28 heavy (non-hydrogen) atoms. The number of hydrogen-bond donors (Lipinski definition) is 0. The fraction of sp³-hybridized carbons (Fsp3) is 0.0400. The van der Waals surface area contributed by atoms with Gasteiger partial charge in [0.1, 0.15) is 0 Å². The van der Waals surface area contributed by atoms with Crippen LogP contribution in [0.4, 0.5) is 0 Å². The normalized spacial score (nSPS) is 12.7. The third-order valence-corrected chi connectivity index (χ3v) is 15.3. The first-order chi connectivity index (χ1) is 13.7. The Morgan fingerprint density at radius 3 is 1.14 bits per heavy atom. The van der Waals surface area contributed by atoms with Crippen LogP contribution in [0.5, 0.6) is 5.75 Å². The molecule has 0 N–H and O–H groups in total. The van der Waals surface area contributed by atoms with Gasteiger partial charge in [0.05, 0.1) is 0 Å². The topological polar surface area (TPSA) is 9.23 Å². The van der Waals surface area contributed by atoms with Crippen LogP contribution in [0.1, 0.15) is 0 Å². The number of ether oxygens (including phenoxy) is 1. The summed E-state index contributed by atoms with van der Waals surface area (Å²) in [6.45, 7) is 0. The summed E-state index contributed by atoms with van der Waals surface area (Å²) < 4.78 is 5.43. The Bertz CT molecular complexity index is 949. The summed E-state index contributed by atoms with van der Waals surface area (Å²) in [6.07, 6.45) is 0. The zero-order valence-corrected chi connectivity index (χ0v) is 18.2. The SMILES string of the molecule is COc1ccc(P(Br)(c2ccccc2)(c2ccccc2)c2ccccc2)cc1. The fourth-order valence-electron chi connectivity index (χ4n) is 3.88. The summed E-state index contributed by atoms with van der Waals surface area (Å²) in [6, 6.07) is 40.8. The van der Waals surface area contributed by atoms with Crippen molar-refractivity contribution in [3.63, 3.8) is 0 Å². The van der Waals surface area contributed by atoms with Crippen molar-refractivity contribution >= 4 is 42.0 Å². The maximum atomic E-state index is 5.43. The molecule has 0 atom stereocenters. The number of halogens is 1. The van der Waals surface area contributed by atoms with Crippen LogP contribution in [0, 0.1) is 0 Å². The summed E-state index contributed by atoms with van der Waals surface area (Å²) in [4.78, 5) is 0. The second-order valence-corrected chi connectivity index (χ2v) is 15.1. The first kappa shape index (κ1) is 18.9. The Balaban J connectivity index is 2.18. The zero-order chi connectivity index (χ0) is 19.5. The summed E-state index contributed by atoms with van der Waals surface area (Å²) in [5, 5.41) is 1.97. The molecule has 0 fully saturated rings. The number of benzene rings is 4. The van der Waals surface area contributed by atoms with Gasteiger partial charge in [-0.15, -0.1) is 0 Å². The van der Waals surface area contributed by atoms with E-state index in [0.29, 0.717) is 0 Å². The van der Waals surface area contributed by atoms with Crippen molar-refractivity contribution in [3.8, 4) is 5.75 Å². The molecule has 0 bridgehead atoms. The Labute approximate surface area is 174 Å². The average Bonchev–Trinajstić information content (AvgIpc) is 2.80. The molecule has 0 aliphatic rings.